The van der Waals surface area contributed by atoms with Crippen LogP contribution in [0.2, 0.25) is 5.02 Å². The molecule has 1 saturated heterocycles. The summed E-state index contributed by atoms with van der Waals surface area (Å²) in [4.78, 5) is 17.6. The highest BCUT2D eigenvalue weighted by Gasteiger charge is 2.19. The molecule has 6 nitrogen and oxygen atoms in total. The molecule has 1 atom stereocenters. The van der Waals surface area contributed by atoms with Gasteiger partial charge in [0.15, 0.2) is 11.3 Å². The highest BCUT2D eigenvalue weighted by atomic mass is 35.5. The van der Waals surface area contributed by atoms with Crippen molar-refractivity contribution in [2.45, 2.75) is 25.9 Å². The quantitative estimate of drug-likeness (QED) is 0.649. The van der Waals surface area contributed by atoms with E-state index in [2.05, 4.69) is 10.3 Å². The van der Waals surface area contributed by atoms with Gasteiger partial charge in [-0.2, -0.15) is 0 Å². The molecule has 1 amide bonds. The van der Waals surface area contributed by atoms with Crippen molar-refractivity contribution in [3.05, 3.63) is 64.2 Å². The molecule has 2 aromatic carbocycles. The molecular weight excluding hydrogens is 404 g/mol. The number of rotatable bonds is 5. The number of nitrogens with zero attached hydrogens (tertiary/aromatic N) is 1. The molecule has 1 aliphatic heterocycles. The van der Waals surface area contributed by atoms with Gasteiger partial charge in [0, 0.05) is 23.6 Å². The van der Waals surface area contributed by atoms with Gasteiger partial charge in [-0.15, -0.1) is 0 Å². The first-order chi connectivity index (χ1) is 14.5. The Kier molecular flexibility index (Phi) is 6.06. The smallest absolute Gasteiger partial charge is 0.256 e. The summed E-state index contributed by atoms with van der Waals surface area (Å²) >= 11 is 6.24. The van der Waals surface area contributed by atoms with E-state index in [1.165, 1.54) is 0 Å². The average molecular weight is 427 g/mol. The Morgan fingerprint density at radius 3 is 2.90 bits per heavy atom. The van der Waals surface area contributed by atoms with Gasteiger partial charge in [-0.3, -0.25) is 4.79 Å². The van der Waals surface area contributed by atoms with E-state index in [-0.39, 0.29) is 17.6 Å². The van der Waals surface area contributed by atoms with Gasteiger partial charge >= 0.3 is 0 Å². The van der Waals surface area contributed by atoms with E-state index in [1.807, 2.05) is 31.2 Å². The van der Waals surface area contributed by atoms with Crippen molar-refractivity contribution in [3.8, 4) is 5.75 Å². The molecule has 1 N–H and O–H groups in total. The van der Waals surface area contributed by atoms with Gasteiger partial charge in [-0.05, 0) is 49.6 Å². The van der Waals surface area contributed by atoms with E-state index in [0.717, 1.165) is 30.4 Å². The number of ether oxygens (including phenoxy) is 2. The molecule has 2 heterocycles. The van der Waals surface area contributed by atoms with Crippen LogP contribution >= 0.6 is 11.6 Å². The van der Waals surface area contributed by atoms with E-state index in [4.69, 9.17) is 25.5 Å². The lowest BCUT2D eigenvalue weighted by Gasteiger charge is -2.12. The number of hydrogen-bond acceptors (Lipinski definition) is 5. The predicted octanol–water partition coefficient (Wildman–Crippen LogP) is 4.54. The van der Waals surface area contributed by atoms with Crippen LogP contribution in [0.5, 0.6) is 5.75 Å². The Morgan fingerprint density at radius 1 is 1.30 bits per heavy atom. The van der Waals surface area contributed by atoms with Crippen molar-refractivity contribution >= 4 is 34.2 Å². The van der Waals surface area contributed by atoms with Gasteiger partial charge in [0.25, 0.3) is 5.91 Å². The minimum atomic E-state index is -0.268. The number of para-hydroxylation sites is 1. The number of carbonyl (C=O) groups is 1. The molecule has 30 heavy (non-hydrogen) atoms. The van der Waals surface area contributed by atoms with Crippen LogP contribution in [0.3, 0.4) is 0 Å². The zero-order chi connectivity index (χ0) is 21.1. The van der Waals surface area contributed by atoms with Gasteiger partial charge in [0.05, 0.1) is 18.9 Å². The van der Waals surface area contributed by atoms with E-state index in [9.17, 15) is 4.79 Å². The lowest BCUT2D eigenvalue weighted by atomic mass is 10.1. The number of nitrogens with one attached hydrogen (secondary N) is 1. The molecular formula is C23H23ClN2O4. The number of methoxy groups -OCH3 is 1. The Balaban J connectivity index is 1.79. The SMILES string of the molecule is COc1cccc2cc(C(=O)NC[C@@H]3CCCO3)c(=Nc3ccc(C)c(Cl)c3)oc12. The monoisotopic (exact) mass is 426 g/mol. The van der Waals surface area contributed by atoms with E-state index >= 15 is 0 Å². The van der Waals surface area contributed by atoms with Crippen molar-refractivity contribution in [1.82, 2.24) is 5.32 Å². The summed E-state index contributed by atoms with van der Waals surface area (Å²) in [7, 11) is 1.57. The zero-order valence-electron chi connectivity index (χ0n) is 16.9. The first kappa shape index (κ1) is 20.4. The molecule has 0 radical (unpaired) electrons. The van der Waals surface area contributed by atoms with Crippen molar-refractivity contribution in [3.63, 3.8) is 0 Å². The van der Waals surface area contributed by atoms with Crippen LogP contribution in [0.25, 0.3) is 11.0 Å². The van der Waals surface area contributed by atoms with Gasteiger partial charge < -0.3 is 19.2 Å². The summed E-state index contributed by atoms with van der Waals surface area (Å²) in [6.07, 6.45) is 2.00. The topological polar surface area (TPSA) is 73.1 Å². The summed E-state index contributed by atoms with van der Waals surface area (Å²) in [6.45, 7) is 3.10. The maximum atomic E-state index is 13.0. The summed E-state index contributed by atoms with van der Waals surface area (Å²) in [5, 5.41) is 4.28. The highest BCUT2D eigenvalue weighted by molar-refractivity contribution is 6.31. The Hall–Kier alpha value is -2.83. The summed E-state index contributed by atoms with van der Waals surface area (Å²) < 4.78 is 17.1. The lowest BCUT2D eigenvalue weighted by Crippen LogP contribution is -2.34. The number of fused-ring (bicyclic) bond motifs is 1. The summed E-state index contributed by atoms with van der Waals surface area (Å²) in [5.74, 6) is 0.299. The first-order valence-corrected chi connectivity index (χ1v) is 10.2. The Bertz CT molecular complexity index is 1150. The molecule has 0 unspecified atom stereocenters. The summed E-state index contributed by atoms with van der Waals surface area (Å²) in [6, 6.07) is 12.7. The first-order valence-electron chi connectivity index (χ1n) is 9.86. The van der Waals surface area contributed by atoms with Crippen LogP contribution in [0, 0.1) is 6.92 Å². The maximum absolute atomic E-state index is 13.0. The Labute approximate surface area is 179 Å². The van der Waals surface area contributed by atoms with Gasteiger partial charge in [0.1, 0.15) is 5.56 Å². The highest BCUT2D eigenvalue weighted by Crippen LogP contribution is 2.26. The molecule has 3 aromatic rings. The number of hydrogen-bond donors (Lipinski definition) is 1. The van der Waals surface area contributed by atoms with Crippen LogP contribution in [-0.2, 0) is 4.74 Å². The minimum Gasteiger partial charge on any atom is -0.493 e. The largest absolute Gasteiger partial charge is 0.493 e. The van der Waals surface area contributed by atoms with E-state index in [0.29, 0.717) is 34.2 Å². The lowest BCUT2D eigenvalue weighted by molar-refractivity contribution is 0.0854. The predicted molar refractivity (Wildman–Crippen MR) is 115 cm³/mol. The molecule has 4 rings (SSSR count). The van der Waals surface area contributed by atoms with Gasteiger partial charge in [0.2, 0.25) is 5.55 Å². The molecule has 0 spiro atoms. The molecule has 1 aliphatic rings. The van der Waals surface area contributed by atoms with Crippen LogP contribution < -0.4 is 15.6 Å². The number of halogens is 1. The van der Waals surface area contributed by atoms with Gasteiger partial charge in [-0.25, -0.2) is 4.99 Å². The second kappa shape index (κ2) is 8.90. The molecule has 0 bridgehead atoms. The fraction of sp³-hybridized carbons (Fsp3) is 0.304. The van der Waals surface area contributed by atoms with Crippen molar-refractivity contribution in [2.75, 3.05) is 20.3 Å². The third-order valence-electron chi connectivity index (χ3n) is 5.10. The fourth-order valence-corrected chi connectivity index (χ4v) is 3.58. The van der Waals surface area contributed by atoms with Crippen LogP contribution in [0.4, 0.5) is 5.69 Å². The van der Waals surface area contributed by atoms with Crippen LogP contribution in [0.15, 0.2) is 51.9 Å². The van der Waals surface area contributed by atoms with Crippen LogP contribution in [0.1, 0.15) is 28.8 Å². The molecule has 0 aliphatic carbocycles. The van der Waals surface area contributed by atoms with Crippen molar-refractivity contribution in [2.24, 2.45) is 4.99 Å². The van der Waals surface area contributed by atoms with E-state index < -0.39 is 0 Å². The summed E-state index contributed by atoms with van der Waals surface area (Å²) in [5.41, 5.74) is 2.59. The molecule has 156 valence electrons. The second-order valence-corrected chi connectivity index (χ2v) is 7.64. The normalized spacial score (nSPS) is 16.8. The number of benzene rings is 2. The van der Waals surface area contributed by atoms with Crippen LogP contribution in [-0.4, -0.2) is 32.3 Å². The second-order valence-electron chi connectivity index (χ2n) is 7.23. The number of aryl methyl sites for hydroxylation is 1. The average Bonchev–Trinajstić information content (AvgIpc) is 3.27. The molecule has 0 saturated carbocycles. The maximum Gasteiger partial charge on any atom is 0.256 e. The fourth-order valence-electron chi connectivity index (χ4n) is 3.41. The Morgan fingerprint density at radius 2 is 2.17 bits per heavy atom. The standard InChI is InChI=1S/C23H23ClN2O4/c1-14-8-9-16(12-19(14)24)26-23-18(22(27)25-13-17-6-4-10-29-17)11-15-5-3-7-20(28-2)21(15)30-23/h3,5,7-9,11-12,17H,4,6,10,13H2,1-2H3,(H,25,27)/t17-/m0/s1. The van der Waals surface area contributed by atoms with E-state index in [1.54, 1.807) is 25.3 Å². The van der Waals surface area contributed by atoms with Crippen molar-refractivity contribution < 1.29 is 18.7 Å². The molecule has 7 heteroatoms. The number of carbonyl (C=O) groups excluding carboxylic acids is 1. The zero-order valence-corrected chi connectivity index (χ0v) is 17.7. The third kappa shape index (κ3) is 4.35. The molecule has 1 aromatic heterocycles. The minimum absolute atomic E-state index is 0.0442. The number of amides is 1. The van der Waals surface area contributed by atoms with Crippen molar-refractivity contribution in [1.29, 1.82) is 0 Å². The molecule has 1 fully saturated rings. The van der Waals surface area contributed by atoms with Gasteiger partial charge in [-0.1, -0.05) is 29.8 Å². The third-order valence-corrected chi connectivity index (χ3v) is 5.51.